The van der Waals surface area contributed by atoms with Crippen molar-refractivity contribution in [2.45, 2.75) is 51.4 Å². The van der Waals surface area contributed by atoms with Crippen molar-refractivity contribution < 1.29 is 35.1 Å². The Bertz CT molecular complexity index is 870. The number of aliphatic hydroxyl groups is 3. The van der Waals surface area contributed by atoms with Gasteiger partial charge in [-0.2, -0.15) is 0 Å². The van der Waals surface area contributed by atoms with E-state index in [-0.39, 0.29) is 35.7 Å². The molecule has 29 heavy (non-hydrogen) atoms. The number of benzene rings is 1. The second kappa shape index (κ2) is 6.45. The van der Waals surface area contributed by atoms with Crippen LogP contribution in [0.25, 0.3) is 0 Å². The average molecular weight is 404 g/mol. The average Bonchev–Trinajstić information content (AvgIpc) is 2.91. The summed E-state index contributed by atoms with van der Waals surface area (Å²) in [4.78, 5) is 12.8. The first-order chi connectivity index (χ1) is 13.5. The topological polar surface area (TPSA) is 127 Å². The second-order valence-electron chi connectivity index (χ2n) is 9.18. The lowest BCUT2D eigenvalue weighted by molar-refractivity contribution is -0.259. The molecule has 3 aliphatic carbocycles. The quantitative estimate of drug-likeness (QED) is 0.383. The minimum absolute atomic E-state index is 0.0625. The van der Waals surface area contributed by atoms with E-state index >= 15 is 0 Å². The second-order valence-corrected chi connectivity index (χ2v) is 9.18. The van der Waals surface area contributed by atoms with Gasteiger partial charge in [0.15, 0.2) is 0 Å². The third kappa shape index (κ3) is 2.57. The summed E-state index contributed by atoms with van der Waals surface area (Å²) in [6.45, 7) is 5.06. The number of aromatic hydroxyl groups is 2. The van der Waals surface area contributed by atoms with Gasteiger partial charge in [-0.1, -0.05) is 19.9 Å². The van der Waals surface area contributed by atoms with Crippen molar-refractivity contribution >= 4 is 5.97 Å². The fourth-order valence-corrected chi connectivity index (χ4v) is 6.12. The Balaban J connectivity index is 1.66. The van der Waals surface area contributed by atoms with Crippen molar-refractivity contribution in [2.75, 3.05) is 6.61 Å². The van der Waals surface area contributed by atoms with Crippen LogP contribution in [0, 0.1) is 30.1 Å². The predicted octanol–water partition coefficient (Wildman–Crippen LogP) is 1.64. The number of carbonyl (C=O) groups is 1. The molecule has 0 amide bonds. The molecule has 0 spiro atoms. The number of esters is 1. The van der Waals surface area contributed by atoms with Crippen LogP contribution < -0.4 is 0 Å². The first kappa shape index (κ1) is 20.2. The molecule has 1 aromatic carbocycles. The zero-order valence-electron chi connectivity index (χ0n) is 16.8. The van der Waals surface area contributed by atoms with Gasteiger partial charge in [0.05, 0.1) is 12.7 Å². The smallest absolute Gasteiger partial charge is 0.342 e. The minimum Gasteiger partial charge on any atom is -0.508 e. The van der Waals surface area contributed by atoms with E-state index in [4.69, 9.17) is 4.74 Å². The molecule has 0 radical (unpaired) electrons. The van der Waals surface area contributed by atoms with E-state index in [1.165, 1.54) is 6.07 Å². The minimum atomic E-state index is -1.58. The largest absolute Gasteiger partial charge is 0.508 e. The van der Waals surface area contributed by atoms with E-state index in [2.05, 4.69) is 0 Å². The molecule has 1 aromatic rings. The van der Waals surface area contributed by atoms with Gasteiger partial charge in [-0.25, -0.2) is 4.79 Å². The number of rotatable bonds is 3. The van der Waals surface area contributed by atoms with Crippen LogP contribution in [-0.2, 0) is 4.74 Å². The lowest BCUT2D eigenvalue weighted by Crippen LogP contribution is -2.74. The number of hydrogen-bond acceptors (Lipinski definition) is 7. The summed E-state index contributed by atoms with van der Waals surface area (Å²) in [5.74, 6) is -1.41. The van der Waals surface area contributed by atoms with Gasteiger partial charge < -0.3 is 30.3 Å². The molecule has 5 N–H and O–H groups in total. The molecule has 158 valence electrons. The molecule has 0 aromatic heterocycles. The van der Waals surface area contributed by atoms with Crippen molar-refractivity contribution in [3.63, 3.8) is 0 Å². The molecule has 0 heterocycles. The van der Waals surface area contributed by atoms with Crippen LogP contribution in [0.15, 0.2) is 23.8 Å². The van der Waals surface area contributed by atoms with E-state index in [0.717, 1.165) is 12.5 Å². The van der Waals surface area contributed by atoms with Gasteiger partial charge in [-0.15, -0.1) is 0 Å². The molecular weight excluding hydrogens is 376 g/mol. The Morgan fingerprint density at radius 3 is 2.62 bits per heavy atom. The molecule has 2 fully saturated rings. The molecule has 3 aliphatic rings. The van der Waals surface area contributed by atoms with Gasteiger partial charge in [0.25, 0.3) is 0 Å². The summed E-state index contributed by atoms with van der Waals surface area (Å²) < 4.78 is 5.59. The van der Waals surface area contributed by atoms with E-state index in [9.17, 15) is 30.3 Å². The van der Waals surface area contributed by atoms with E-state index in [1.54, 1.807) is 6.92 Å². The molecule has 0 bridgehead atoms. The Morgan fingerprint density at radius 1 is 1.31 bits per heavy atom. The number of fused-ring (bicyclic) bond motifs is 3. The number of ether oxygens (including phenoxy) is 1. The maximum Gasteiger partial charge on any atom is 0.342 e. The highest BCUT2D eigenvalue weighted by atomic mass is 16.6. The lowest BCUT2D eigenvalue weighted by Gasteiger charge is -2.65. The maximum atomic E-state index is 12.8. The summed E-state index contributed by atoms with van der Waals surface area (Å²) in [5, 5.41) is 51.9. The monoisotopic (exact) mass is 404 g/mol. The number of phenolic OH excluding ortho intramolecular Hbond substituents is 2. The van der Waals surface area contributed by atoms with E-state index in [1.807, 2.05) is 19.9 Å². The number of hydrogen-bond donors (Lipinski definition) is 5. The fraction of sp³-hybridized carbons (Fsp3) is 0.591. The molecule has 7 atom stereocenters. The van der Waals surface area contributed by atoms with Crippen LogP contribution >= 0.6 is 0 Å². The van der Waals surface area contributed by atoms with Crippen LogP contribution in [0.1, 0.15) is 42.6 Å². The highest BCUT2D eigenvalue weighted by Gasteiger charge is 2.73. The zero-order chi connectivity index (χ0) is 21.3. The number of aryl methyl sites for hydroxylation is 1. The van der Waals surface area contributed by atoms with Crippen LogP contribution in [-0.4, -0.2) is 55.9 Å². The molecular formula is C22H28O7. The number of allylic oxidation sites excluding steroid dienone is 1. The molecule has 4 rings (SSSR count). The lowest BCUT2D eigenvalue weighted by atomic mass is 9.44. The number of carbonyl (C=O) groups excluding carboxylic acids is 1. The highest BCUT2D eigenvalue weighted by molar-refractivity contribution is 5.94. The summed E-state index contributed by atoms with van der Waals surface area (Å²) in [7, 11) is 0. The van der Waals surface area contributed by atoms with Crippen LogP contribution in [0.5, 0.6) is 11.5 Å². The van der Waals surface area contributed by atoms with Crippen LogP contribution in [0.3, 0.4) is 0 Å². The first-order valence-electron chi connectivity index (χ1n) is 10.0. The normalized spacial score (nSPS) is 40.5. The molecule has 7 unspecified atom stereocenters. The Hall–Kier alpha value is -2.09. The van der Waals surface area contributed by atoms with Crippen LogP contribution in [0.2, 0.25) is 0 Å². The Kier molecular flexibility index (Phi) is 4.49. The van der Waals surface area contributed by atoms with Crippen molar-refractivity contribution in [3.05, 3.63) is 34.9 Å². The SMILES string of the molecule is Cc1cc(O)cc(O)c1C(=O)OC1CC2(C)C3C(C=C(CO)C12O)CC(C)C3O. The molecule has 0 aliphatic heterocycles. The Morgan fingerprint density at radius 2 is 2.00 bits per heavy atom. The van der Waals surface area contributed by atoms with Crippen molar-refractivity contribution in [1.29, 1.82) is 0 Å². The summed E-state index contributed by atoms with van der Waals surface area (Å²) in [6.07, 6.45) is 1.48. The van der Waals surface area contributed by atoms with Crippen molar-refractivity contribution in [1.82, 2.24) is 0 Å². The van der Waals surface area contributed by atoms with Gasteiger partial charge in [-0.3, -0.25) is 0 Å². The standard InChI is InChI=1S/C22H28O7/c1-10-5-14(24)7-15(25)17(10)20(27)29-16-8-21(3)18-12(4-11(2)19(18)26)6-13(9-23)22(16,21)28/h5-7,11-12,16,18-19,23-26,28H,4,8-9H2,1-3H3. The van der Waals surface area contributed by atoms with Gasteiger partial charge in [-0.05, 0) is 48.8 Å². The van der Waals surface area contributed by atoms with Crippen molar-refractivity contribution in [2.24, 2.45) is 23.2 Å². The third-order valence-electron chi connectivity index (χ3n) is 7.57. The fourth-order valence-electron chi connectivity index (χ4n) is 6.12. The molecule has 7 heteroatoms. The van der Waals surface area contributed by atoms with Gasteiger partial charge in [0.1, 0.15) is 28.8 Å². The highest BCUT2D eigenvalue weighted by Crippen LogP contribution is 2.67. The van der Waals surface area contributed by atoms with E-state index < -0.39 is 34.9 Å². The maximum absolute atomic E-state index is 12.8. The van der Waals surface area contributed by atoms with Crippen LogP contribution in [0.4, 0.5) is 0 Å². The predicted molar refractivity (Wildman–Crippen MR) is 103 cm³/mol. The molecule has 0 saturated heterocycles. The molecule has 2 saturated carbocycles. The third-order valence-corrected chi connectivity index (χ3v) is 7.57. The van der Waals surface area contributed by atoms with Gasteiger partial charge in [0, 0.05) is 17.4 Å². The zero-order valence-corrected chi connectivity index (χ0v) is 16.8. The van der Waals surface area contributed by atoms with Gasteiger partial charge in [0.2, 0.25) is 0 Å². The van der Waals surface area contributed by atoms with Gasteiger partial charge >= 0.3 is 5.97 Å². The van der Waals surface area contributed by atoms with E-state index in [0.29, 0.717) is 17.6 Å². The number of aliphatic hydroxyl groups excluding tert-OH is 2. The van der Waals surface area contributed by atoms with Crippen molar-refractivity contribution in [3.8, 4) is 11.5 Å². The summed E-state index contributed by atoms with van der Waals surface area (Å²) in [5.41, 5.74) is -1.62. The molecule has 7 nitrogen and oxygen atoms in total. The Labute approximate surface area is 169 Å². The first-order valence-corrected chi connectivity index (χ1v) is 10.0. The number of phenols is 2. The summed E-state index contributed by atoms with van der Waals surface area (Å²) >= 11 is 0. The summed E-state index contributed by atoms with van der Waals surface area (Å²) in [6, 6.07) is 2.40.